The van der Waals surface area contributed by atoms with Crippen molar-refractivity contribution >= 4 is 46.4 Å². The van der Waals surface area contributed by atoms with E-state index < -0.39 is 5.92 Å². The average molecular weight is 379 g/mol. The summed E-state index contributed by atoms with van der Waals surface area (Å²) in [6.07, 6.45) is 0.139. The lowest BCUT2D eigenvalue weighted by Gasteiger charge is -2.17. The van der Waals surface area contributed by atoms with E-state index in [1.54, 1.807) is 49.6 Å². The maximum Gasteiger partial charge on any atom is 0.229 e. The van der Waals surface area contributed by atoms with Crippen molar-refractivity contribution in [3.05, 3.63) is 52.5 Å². The van der Waals surface area contributed by atoms with Crippen LogP contribution >= 0.6 is 23.2 Å². The molecule has 2 aromatic rings. The van der Waals surface area contributed by atoms with E-state index in [4.69, 9.17) is 27.9 Å². The highest BCUT2D eigenvalue weighted by Crippen LogP contribution is 2.31. The minimum absolute atomic E-state index is 0.135. The average Bonchev–Trinajstić information content (AvgIpc) is 2.96. The van der Waals surface area contributed by atoms with E-state index in [0.29, 0.717) is 27.2 Å². The third kappa shape index (κ3) is 4.06. The van der Waals surface area contributed by atoms with E-state index in [9.17, 15) is 9.59 Å². The topological polar surface area (TPSA) is 58.6 Å². The van der Waals surface area contributed by atoms with Gasteiger partial charge in [-0.1, -0.05) is 29.3 Å². The Morgan fingerprint density at radius 2 is 1.92 bits per heavy atom. The SMILES string of the molecule is COc1cccc(NC(=O)C2CC(=O)N(c3cc(Cl)cc(Cl)c3)C2)c1. The highest BCUT2D eigenvalue weighted by atomic mass is 35.5. The summed E-state index contributed by atoms with van der Waals surface area (Å²) in [6.45, 7) is 0.283. The number of rotatable bonds is 4. The highest BCUT2D eigenvalue weighted by molar-refractivity contribution is 6.35. The number of benzene rings is 2. The van der Waals surface area contributed by atoms with Crippen LogP contribution in [0.3, 0.4) is 0 Å². The first-order chi connectivity index (χ1) is 12.0. The summed E-state index contributed by atoms with van der Waals surface area (Å²) in [6, 6.07) is 12.0. The molecule has 7 heteroatoms. The normalized spacial score (nSPS) is 16.8. The van der Waals surface area contributed by atoms with Crippen LogP contribution in [0.1, 0.15) is 6.42 Å². The molecule has 0 saturated carbocycles. The van der Waals surface area contributed by atoms with Crippen LogP contribution in [0.5, 0.6) is 5.75 Å². The van der Waals surface area contributed by atoms with Gasteiger partial charge in [-0.05, 0) is 30.3 Å². The number of halogens is 2. The molecule has 1 N–H and O–H groups in total. The van der Waals surface area contributed by atoms with Gasteiger partial charge in [0.2, 0.25) is 11.8 Å². The maximum atomic E-state index is 12.5. The molecule has 2 amide bonds. The molecule has 1 aliphatic heterocycles. The number of amides is 2. The smallest absolute Gasteiger partial charge is 0.229 e. The van der Waals surface area contributed by atoms with Crippen LogP contribution in [0.2, 0.25) is 10.0 Å². The molecular weight excluding hydrogens is 363 g/mol. The van der Waals surface area contributed by atoms with Crippen LogP contribution in [0, 0.1) is 5.92 Å². The quantitative estimate of drug-likeness (QED) is 0.874. The number of ether oxygens (including phenoxy) is 1. The van der Waals surface area contributed by atoms with E-state index in [1.165, 1.54) is 4.90 Å². The minimum Gasteiger partial charge on any atom is -0.497 e. The molecule has 1 atom stereocenters. The van der Waals surface area contributed by atoms with Crippen molar-refractivity contribution in [1.82, 2.24) is 0 Å². The predicted molar refractivity (Wildman–Crippen MR) is 98.5 cm³/mol. The van der Waals surface area contributed by atoms with E-state index in [0.717, 1.165) is 0 Å². The zero-order valence-electron chi connectivity index (χ0n) is 13.5. The molecule has 1 aliphatic rings. The fourth-order valence-corrected chi connectivity index (χ4v) is 3.29. The number of anilines is 2. The standard InChI is InChI=1S/C18H16Cl2N2O3/c1-25-16-4-2-3-14(9-16)21-18(24)11-5-17(23)22(10-11)15-7-12(19)6-13(20)8-15/h2-4,6-9,11H,5,10H2,1H3,(H,21,24). The maximum absolute atomic E-state index is 12.5. The second-order valence-electron chi connectivity index (χ2n) is 5.75. The van der Waals surface area contributed by atoms with Gasteiger partial charge in [0, 0.05) is 40.5 Å². The lowest BCUT2D eigenvalue weighted by Crippen LogP contribution is -2.28. The van der Waals surface area contributed by atoms with Gasteiger partial charge in [0.05, 0.1) is 13.0 Å². The Morgan fingerprint density at radius 3 is 2.60 bits per heavy atom. The van der Waals surface area contributed by atoms with Gasteiger partial charge in [-0.15, -0.1) is 0 Å². The Balaban J connectivity index is 1.72. The van der Waals surface area contributed by atoms with Crippen molar-refractivity contribution in [3.8, 4) is 5.75 Å². The first kappa shape index (κ1) is 17.6. The molecule has 1 fully saturated rings. The number of nitrogens with one attached hydrogen (secondary N) is 1. The third-order valence-electron chi connectivity index (χ3n) is 3.99. The van der Waals surface area contributed by atoms with E-state index in [2.05, 4.69) is 5.32 Å². The fourth-order valence-electron chi connectivity index (χ4n) is 2.77. The van der Waals surface area contributed by atoms with E-state index in [1.807, 2.05) is 0 Å². The Labute approximate surface area is 155 Å². The van der Waals surface area contributed by atoms with Gasteiger partial charge < -0.3 is 15.0 Å². The summed E-state index contributed by atoms with van der Waals surface area (Å²) in [5.41, 5.74) is 1.22. The van der Waals surface area contributed by atoms with Gasteiger partial charge in [0.25, 0.3) is 0 Å². The van der Waals surface area contributed by atoms with E-state index in [-0.39, 0.29) is 24.8 Å². The highest BCUT2D eigenvalue weighted by Gasteiger charge is 2.35. The Hall–Kier alpha value is -2.24. The summed E-state index contributed by atoms with van der Waals surface area (Å²) < 4.78 is 5.14. The van der Waals surface area contributed by atoms with Gasteiger partial charge in [-0.3, -0.25) is 9.59 Å². The second-order valence-corrected chi connectivity index (χ2v) is 6.63. The van der Waals surface area contributed by atoms with E-state index >= 15 is 0 Å². The molecule has 0 bridgehead atoms. The van der Waals surface area contributed by atoms with Crippen molar-refractivity contribution in [3.63, 3.8) is 0 Å². The van der Waals surface area contributed by atoms with Crippen molar-refractivity contribution < 1.29 is 14.3 Å². The number of carbonyl (C=O) groups excluding carboxylic acids is 2. The van der Waals surface area contributed by atoms with Crippen LogP contribution in [0.25, 0.3) is 0 Å². The summed E-state index contributed by atoms with van der Waals surface area (Å²) in [5, 5.41) is 3.71. The molecule has 0 aliphatic carbocycles. The van der Waals surface area contributed by atoms with Gasteiger partial charge in [0.15, 0.2) is 0 Å². The Bertz CT molecular complexity index is 805. The molecule has 1 unspecified atom stereocenters. The molecule has 0 radical (unpaired) electrons. The largest absolute Gasteiger partial charge is 0.497 e. The molecule has 5 nitrogen and oxygen atoms in total. The van der Waals surface area contributed by atoms with Crippen molar-refractivity contribution in [2.45, 2.75) is 6.42 Å². The molecule has 0 aromatic heterocycles. The van der Waals surface area contributed by atoms with Gasteiger partial charge >= 0.3 is 0 Å². The number of carbonyl (C=O) groups is 2. The van der Waals surface area contributed by atoms with Crippen LogP contribution in [0.4, 0.5) is 11.4 Å². The van der Waals surface area contributed by atoms with Crippen LogP contribution in [-0.2, 0) is 9.59 Å². The number of nitrogens with zero attached hydrogens (tertiary/aromatic N) is 1. The predicted octanol–water partition coefficient (Wildman–Crippen LogP) is 3.99. The first-order valence-electron chi connectivity index (χ1n) is 7.67. The number of methoxy groups -OCH3 is 1. The van der Waals surface area contributed by atoms with Gasteiger partial charge in [0.1, 0.15) is 5.75 Å². The fraction of sp³-hybridized carbons (Fsp3) is 0.222. The zero-order chi connectivity index (χ0) is 18.0. The summed E-state index contributed by atoms with van der Waals surface area (Å²) in [7, 11) is 1.56. The van der Waals surface area contributed by atoms with Crippen LogP contribution in [0.15, 0.2) is 42.5 Å². The van der Waals surface area contributed by atoms with Crippen molar-refractivity contribution in [1.29, 1.82) is 0 Å². The lowest BCUT2D eigenvalue weighted by molar-refractivity contribution is -0.122. The number of hydrogen-bond acceptors (Lipinski definition) is 3. The summed E-state index contributed by atoms with van der Waals surface area (Å²) in [4.78, 5) is 26.3. The molecule has 1 heterocycles. The van der Waals surface area contributed by atoms with Crippen molar-refractivity contribution in [2.24, 2.45) is 5.92 Å². The van der Waals surface area contributed by atoms with Crippen molar-refractivity contribution in [2.75, 3.05) is 23.9 Å². The van der Waals surface area contributed by atoms with Crippen LogP contribution in [-0.4, -0.2) is 25.5 Å². The zero-order valence-corrected chi connectivity index (χ0v) is 15.0. The third-order valence-corrected chi connectivity index (χ3v) is 4.43. The van der Waals surface area contributed by atoms with Gasteiger partial charge in [-0.2, -0.15) is 0 Å². The molecule has 130 valence electrons. The molecule has 3 rings (SSSR count). The minimum atomic E-state index is -0.448. The molecule has 2 aromatic carbocycles. The molecule has 25 heavy (non-hydrogen) atoms. The molecular formula is C18H16Cl2N2O3. The van der Waals surface area contributed by atoms with Gasteiger partial charge in [-0.25, -0.2) is 0 Å². The Kier molecular flexibility index (Phi) is 5.16. The lowest BCUT2D eigenvalue weighted by atomic mass is 10.1. The summed E-state index contributed by atoms with van der Waals surface area (Å²) >= 11 is 12.0. The molecule has 0 spiro atoms. The molecule has 1 saturated heterocycles. The first-order valence-corrected chi connectivity index (χ1v) is 8.43. The monoisotopic (exact) mass is 378 g/mol. The second kappa shape index (κ2) is 7.33. The van der Waals surface area contributed by atoms with Crippen LogP contribution < -0.4 is 15.0 Å². The number of hydrogen-bond donors (Lipinski definition) is 1. The Morgan fingerprint density at radius 1 is 1.20 bits per heavy atom. The summed E-state index contributed by atoms with van der Waals surface area (Å²) in [5.74, 6) is -0.145.